The highest BCUT2D eigenvalue weighted by Crippen LogP contribution is 2.29. The summed E-state index contributed by atoms with van der Waals surface area (Å²) in [6, 6.07) is 4.58. The number of aliphatic imine (C=N–C) groups is 1. The van der Waals surface area contributed by atoms with Gasteiger partial charge >= 0.3 is 0 Å². The number of benzene rings is 1. The van der Waals surface area contributed by atoms with Crippen molar-refractivity contribution in [3.8, 4) is 0 Å². The third-order valence-corrected chi connectivity index (χ3v) is 5.77. The predicted octanol–water partition coefficient (Wildman–Crippen LogP) is 3.28. The van der Waals surface area contributed by atoms with Crippen LogP contribution in [0.15, 0.2) is 23.2 Å². The third-order valence-electron chi connectivity index (χ3n) is 5.46. The maximum Gasteiger partial charge on any atom is 0.191 e. The number of likely N-dealkylation sites (tertiary alicyclic amines) is 1. The van der Waals surface area contributed by atoms with Crippen LogP contribution >= 0.6 is 11.6 Å². The fourth-order valence-corrected chi connectivity index (χ4v) is 3.96. The molecule has 0 aliphatic carbocycles. The monoisotopic (exact) mass is 412 g/mol. The van der Waals surface area contributed by atoms with Crippen LogP contribution in [0.1, 0.15) is 32.3 Å². The summed E-state index contributed by atoms with van der Waals surface area (Å²) in [6.45, 7) is 9.79. The number of piperidine rings is 1. The second-order valence-corrected chi connectivity index (χ2v) is 8.50. The molecule has 0 amide bonds. The van der Waals surface area contributed by atoms with E-state index < -0.39 is 0 Å². The first kappa shape index (κ1) is 22.9. The molecule has 1 saturated heterocycles. The molecule has 0 spiro atoms. The first-order valence-electron chi connectivity index (χ1n) is 9.97. The zero-order chi connectivity index (χ0) is 20.6. The Morgan fingerprint density at radius 2 is 2.04 bits per heavy atom. The maximum atomic E-state index is 13.3. The van der Waals surface area contributed by atoms with E-state index in [4.69, 9.17) is 16.3 Å². The van der Waals surface area contributed by atoms with Crippen LogP contribution in [0.4, 0.5) is 4.39 Å². The molecule has 1 fully saturated rings. The number of guanidine groups is 1. The molecule has 5 nitrogen and oxygen atoms in total. The molecule has 1 aromatic rings. The van der Waals surface area contributed by atoms with Crippen molar-refractivity contribution >= 4 is 17.6 Å². The second-order valence-electron chi connectivity index (χ2n) is 8.09. The Kier molecular flexibility index (Phi) is 8.99. The number of halogens is 2. The van der Waals surface area contributed by atoms with Crippen molar-refractivity contribution < 1.29 is 9.13 Å². The average molecular weight is 413 g/mol. The van der Waals surface area contributed by atoms with Gasteiger partial charge in [0.05, 0.1) is 6.61 Å². The minimum absolute atomic E-state index is 0.255. The van der Waals surface area contributed by atoms with Crippen molar-refractivity contribution in [2.24, 2.45) is 10.9 Å². The van der Waals surface area contributed by atoms with Crippen LogP contribution in [0.3, 0.4) is 0 Å². The van der Waals surface area contributed by atoms with E-state index in [2.05, 4.69) is 34.4 Å². The summed E-state index contributed by atoms with van der Waals surface area (Å²) >= 11 is 6.24. The van der Waals surface area contributed by atoms with Crippen molar-refractivity contribution in [3.05, 3.63) is 34.6 Å². The Morgan fingerprint density at radius 1 is 1.32 bits per heavy atom. The quantitative estimate of drug-likeness (QED) is 0.508. The number of ether oxygens (including phenoxy) is 1. The molecule has 0 aromatic heterocycles. The number of nitrogens with zero attached hydrogens (tertiary/aromatic N) is 2. The Balaban J connectivity index is 1.78. The summed E-state index contributed by atoms with van der Waals surface area (Å²) < 4.78 is 18.5. The van der Waals surface area contributed by atoms with Crippen molar-refractivity contribution in [1.29, 1.82) is 0 Å². The minimum atomic E-state index is -0.316. The molecule has 2 N–H and O–H groups in total. The van der Waals surface area contributed by atoms with Crippen LogP contribution in [0.5, 0.6) is 0 Å². The third kappa shape index (κ3) is 6.90. The molecule has 0 atom stereocenters. The molecule has 7 heteroatoms. The maximum absolute atomic E-state index is 13.3. The molecule has 158 valence electrons. The van der Waals surface area contributed by atoms with E-state index in [1.165, 1.54) is 25.0 Å². The standard InChI is InChI=1S/C21H34ClFN4O/c1-21(2,18-6-5-17(23)13-19(18)22)15-26-20(24-3)25-14-16-7-9-27(10-8-16)11-12-28-4/h5-6,13,16H,7-12,14-15H2,1-4H3,(H2,24,25,26). The van der Waals surface area contributed by atoms with Crippen LogP contribution in [0.2, 0.25) is 5.02 Å². The van der Waals surface area contributed by atoms with Gasteiger partial charge in [0.25, 0.3) is 0 Å². The van der Waals surface area contributed by atoms with Gasteiger partial charge in [-0.25, -0.2) is 4.39 Å². The van der Waals surface area contributed by atoms with E-state index >= 15 is 0 Å². The molecule has 0 bridgehead atoms. The van der Waals surface area contributed by atoms with Gasteiger partial charge in [-0.3, -0.25) is 4.99 Å². The van der Waals surface area contributed by atoms with Crippen LogP contribution in [0, 0.1) is 11.7 Å². The van der Waals surface area contributed by atoms with Gasteiger partial charge in [-0.1, -0.05) is 31.5 Å². The molecule has 0 saturated carbocycles. The van der Waals surface area contributed by atoms with Gasteiger partial charge in [0.2, 0.25) is 0 Å². The minimum Gasteiger partial charge on any atom is -0.383 e. The molecule has 1 aliphatic heterocycles. The van der Waals surface area contributed by atoms with Gasteiger partial charge in [0.15, 0.2) is 5.96 Å². The molecule has 2 rings (SSSR count). The van der Waals surface area contributed by atoms with Crippen molar-refractivity contribution in [1.82, 2.24) is 15.5 Å². The largest absolute Gasteiger partial charge is 0.383 e. The van der Waals surface area contributed by atoms with Crippen LogP contribution in [-0.4, -0.2) is 64.3 Å². The topological polar surface area (TPSA) is 48.9 Å². The zero-order valence-electron chi connectivity index (χ0n) is 17.5. The van der Waals surface area contributed by atoms with E-state index in [1.807, 2.05) is 0 Å². The van der Waals surface area contributed by atoms with Crippen molar-refractivity contribution in [2.75, 3.05) is 53.5 Å². The van der Waals surface area contributed by atoms with Crippen molar-refractivity contribution in [3.63, 3.8) is 0 Å². The molecular formula is C21H34ClFN4O. The van der Waals surface area contributed by atoms with Gasteiger partial charge in [-0.2, -0.15) is 0 Å². The van der Waals surface area contributed by atoms with Crippen LogP contribution < -0.4 is 10.6 Å². The highest BCUT2D eigenvalue weighted by Gasteiger charge is 2.24. The van der Waals surface area contributed by atoms with Crippen molar-refractivity contribution in [2.45, 2.75) is 32.1 Å². The number of methoxy groups -OCH3 is 1. The second kappa shape index (κ2) is 11.0. The molecule has 1 aliphatic rings. The van der Waals surface area contributed by atoms with Gasteiger partial charge in [0.1, 0.15) is 5.82 Å². The number of rotatable bonds is 8. The molecule has 28 heavy (non-hydrogen) atoms. The summed E-state index contributed by atoms with van der Waals surface area (Å²) in [5.74, 6) is 1.12. The lowest BCUT2D eigenvalue weighted by atomic mass is 9.84. The summed E-state index contributed by atoms with van der Waals surface area (Å²) in [5, 5.41) is 7.29. The van der Waals surface area contributed by atoms with Gasteiger partial charge in [-0.15, -0.1) is 0 Å². The fourth-order valence-electron chi connectivity index (χ4n) is 3.53. The van der Waals surface area contributed by atoms with E-state index in [-0.39, 0.29) is 11.2 Å². The van der Waals surface area contributed by atoms with Crippen LogP contribution in [-0.2, 0) is 10.2 Å². The van der Waals surface area contributed by atoms with Crippen LogP contribution in [0.25, 0.3) is 0 Å². The Labute approximate surface area is 173 Å². The lowest BCUT2D eigenvalue weighted by Crippen LogP contribution is -2.46. The predicted molar refractivity (Wildman–Crippen MR) is 115 cm³/mol. The highest BCUT2D eigenvalue weighted by atomic mass is 35.5. The number of nitrogens with one attached hydrogen (secondary N) is 2. The van der Waals surface area contributed by atoms with E-state index in [9.17, 15) is 4.39 Å². The lowest BCUT2D eigenvalue weighted by molar-refractivity contribution is 0.121. The van der Waals surface area contributed by atoms with Gasteiger partial charge in [0, 0.05) is 44.2 Å². The molecule has 1 heterocycles. The normalized spacial score (nSPS) is 17.0. The average Bonchev–Trinajstić information content (AvgIpc) is 2.67. The van der Waals surface area contributed by atoms with E-state index in [0.29, 0.717) is 17.5 Å². The van der Waals surface area contributed by atoms with Gasteiger partial charge < -0.3 is 20.3 Å². The Hall–Kier alpha value is -1.37. The first-order valence-corrected chi connectivity index (χ1v) is 10.3. The zero-order valence-corrected chi connectivity index (χ0v) is 18.3. The lowest BCUT2D eigenvalue weighted by Gasteiger charge is -2.32. The highest BCUT2D eigenvalue weighted by molar-refractivity contribution is 6.31. The first-order chi connectivity index (χ1) is 13.4. The molecule has 1 aromatic carbocycles. The van der Waals surface area contributed by atoms with Gasteiger partial charge in [-0.05, 0) is 49.5 Å². The van der Waals surface area contributed by atoms with E-state index in [0.717, 1.165) is 44.3 Å². The summed E-state index contributed by atoms with van der Waals surface area (Å²) in [5.41, 5.74) is 0.664. The SMILES string of the molecule is CN=C(NCC1CCN(CCOC)CC1)NCC(C)(C)c1ccc(F)cc1Cl. The fraction of sp³-hybridized carbons (Fsp3) is 0.667. The number of hydrogen-bond acceptors (Lipinski definition) is 3. The molecule has 0 radical (unpaired) electrons. The Morgan fingerprint density at radius 3 is 2.64 bits per heavy atom. The number of hydrogen-bond donors (Lipinski definition) is 2. The molecular weight excluding hydrogens is 379 g/mol. The summed E-state index contributed by atoms with van der Waals surface area (Å²) in [4.78, 5) is 6.80. The summed E-state index contributed by atoms with van der Waals surface area (Å²) in [7, 11) is 3.53. The summed E-state index contributed by atoms with van der Waals surface area (Å²) in [6.07, 6.45) is 2.37. The Bertz CT molecular complexity index is 645. The smallest absolute Gasteiger partial charge is 0.191 e. The molecule has 0 unspecified atom stereocenters. The van der Waals surface area contributed by atoms with E-state index in [1.54, 1.807) is 20.2 Å².